The van der Waals surface area contributed by atoms with Crippen LogP contribution in [0.25, 0.3) is 21.9 Å². The summed E-state index contributed by atoms with van der Waals surface area (Å²) in [6.07, 6.45) is 1.66. The molecule has 0 amide bonds. The van der Waals surface area contributed by atoms with E-state index in [9.17, 15) is 19.2 Å². The van der Waals surface area contributed by atoms with Crippen molar-refractivity contribution in [3.63, 3.8) is 0 Å². The smallest absolute Gasteiger partial charge is 0.343 e. The number of methoxy groups -OCH3 is 1. The Kier molecular flexibility index (Phi) is 13.5. The van der Waals surface area contributed by atoms with Crippen LogP contribution in [0, 0.1) is 0 Å². The van der Waals surface area contributed by atoms with E-state index < -0.39 is 17.9 Å². The number of carbonyl (C=O) groups is 4. The lowest BCUT2D eigenvalue weighted by Crippen LogP contribution is -2.22. The maximum absolute atomic E-state index is 13.4. The molecule has 68 heavy (non-hydrogen) atoms. The van der Waals surface area contributed by atoms with Gasteiger partial charge in [0, 0.05) is 16.4 Å². The molecule has 8 heteroatoms. The maximum Gasteiger partial charge on any atom is 0.343 e. The molecule has 0 aromatic heterocycles. The highest BCUT2D eigenvalue weighted by Gasteiger charge is 2.29. The van der Waals surface area contributed by atoms with Crippen LogP contribution in [-0.2, 0) is 10.8 Å². The van der Waals surface area contributed by atoms with Gasteiger partial charge in [-0.2, -0.15) is 0 Å². The first kappa shape index (κ1) is 46.4. The second kappa shape index (κ2) is 19.8. The second-order valence-electron chi connectivity index (χ2n) is 17.3. The Labute approximate surface area is 397 Å². The largest absolute Gasteiger partial charge is 0.497 e. The molecule has 2 atom stereocenters. The number of esters is 3. The molecule has 0 saturated heterocycles. The van der Waals surface area contributed by atoms with Crippen molar-refractivity contribution in [2.24, 2.45) is 0 Å². The van der Waals surface area contributed by atoms with Crippen molar-refractivity contribution >= 4 is 34.5 Å². The second-order valence-corrected chi connectivity index (χ2v) is 17.3. The van der Waals surface area contributed by atoms with Gasteiger partial charge in [0.2, 0.25) is 0 Å². The molecule has 340 valence electrons. The van der Waals surface area contributed by atoms with Crippen molar-refractivity contribution in [1.29, 1.82) is 0 Å². The van der Waals surface area contributed by atoms with Crippen LogP contribution in [0.2, 0.25) is 0 Å². The first-order chi connectivity index (χ1) is 32.8. The fourth-order valence-electron chi connectivity index (χ4n) is 8.47. The molecule has 0 saturated carbocycles. The van der Waals surface area contributed by atoms with Crippen LogP contribution < -0.4 is 18.9 Å². The SMILES string of the molecule is CCC(C)(c1ccc(OC)cc1)c1ccc(OC(=O)c2ccc3cc(C(=O)Oc4ccc(C(C)(CC)c5ccc(OC(=O)c6ccc(-c7ccc(C(C)=O)cc7)cc6)cc5)cc4)ccc3c2)cc1. The molecule has 0 N–H and O–H groups in total. The van der Waals surface area contributed by atoms with Gasteiger partial charge in [0.1, 0.15) is 23.0 Å². The van der Waals surface area contributed by atoms with Gasteiger partial charge in [-0.25, -0.2) is 14.4 Å². The van der Waals surface area contributed by atoms with Crippen LogP contribution in [0.4, 0.5) is 0 Å². The average molecular weight is 901 g/mol. The summed E-state index contributed by atoms with van der Waals surface area (Å²) in [7, 11) is 1.66. The third-order valence-electron chi connectivity index (χ3n) is 13.3. The van der Waals surface area contributed by atoms with Crippen molar-refractivity contribution in [3.05, 3.63) is 226 Å². The van der Waals surface area contributed by atoms with Crippen molar-refractivity contribution in [2.45, 2.75) is 58.3 Å². The van der Waals surface area contributed by atoms with Gasteiger partial charge in [-0.3, -0.25) is 4.79 Å². The number of rotatable bonds is 15. The van der Waals surface area contributed by atoms with E-state index in [1.165, 1.54) is 12.5 Å². The summed E-state index contributed by atoms with van der Waals surface area (Å²) in [6, 6.07) is 55.8. The Hall–Kier alpha value is -8.10. The van der Waals surface area contributed by atoms with Gasteiger partial charge in [-0.05, 0) is 149 Å². The summed E-state index contributed by atoms with van der Waals surface area (Å²) in [6.45, 7) is 10.2. The molecule has 8 aromatic carbocycles. The molecular formula is C60H52O8. The highest BCUT2D eigenvalue weighted by atomic mass is 16.5. The van der Waals surface area contributed by atoms with E-state index >= 15 is 0 Å². The molecule has 0 radical (unpaired) electrons. The van der Waals surface area contributed by atoms with Gasteiger partial charge in [0.15, 0.2) is 5.78 Å². The Bertz CT molecular complexity index is 3100. The lowest BCUT2D eigenvalue weighted by atomic mass is 9.74. The van der Waals surface area contributed by atoms with E-state index in [2.05, 4.69) is 39.8 Å². The molecule has 0 spiro atoms. The van der Waals surface area contributed by atoms with Crippen molar-refractivity contribution in [1.82, 2.24) is 0 Å². The van der Waals surface area contributed by atoms with E-state index in [1.807, 2.05) is 84.9 Å². The van der Waals surface area contributed by atoms with Crippen LogP contribution in [0.15, 0.2) is 182 Å². The summed E-state index contributed by atoms with van der Waals surface area (Å²) in [5.41, 5.74) is 7.44. The summed E-state index contributed by atoms with van der Waals surface area (Å²) >= 11 is 0. The summed E-state index contributed by atoms with van der Waals surface area (Å²) in [5.74, 6) is 0.658. The number of hydrogen-bond acceptors (Lipinski definition) is 8. The Morgan fingerprint density at radius 1 is 0.382 bits per heavy atom. The monoisotopic (exact) mass is 900 g/mol. The molecule has 0 aliphatic heterocycles. The highest BCUT2D eigenvalue weighted by molar-refractivity contribution is 6.00. The molecule has 8 nitrogen and oxygen atoms in total. The number of ketones is 1. The van der Waals surface area contributed by atoms with Crippen LogP contribution in [0.3, 0.4) is 0 Å². The molecule has 2 unspecified atom stereocenters. The number of carbonyl (C=O) groups excluding carboxylic acids is 4. The predicted molar refractivity (Wildman–Crippen MR) is 267 cm³/mol. The van der Waals surface area contributed by atoms with E-state index in [1.54, 1.807) is 92.0 Å². The van der Waals surface area contributed by atoms with E-state index in [0.717, 1.165) is 57.2 Å². The molecule has 0 fully saturated rings. The number of fused-ring (bicyclic) bond motifs is 1. The number of benzene rings is 8. The number of ether oxygens (including phenoxy) is 4. The summed E-state index contributed by atoms with van der Waals surface area (Å²) in [5, 5.41) is 1.55. The summed E-state index contributed by atoms with van der Waals surface area (Å²) in [4.78, 5) is 51.3. The van der Waals surface area contributed by atoms with Crippen LogP contribution in [-0.4, -0.2) is 30.8 Å². The third kappa shape index (κ3) is 9.86. The molecule has 0 bridgehead atoms. The molecule has 8 rings (SSSR count). The Morgan fingerprint density at radius 2 is 0.676 bits per heavy atom. The van der Waals surface area contributed by atoms with Gasteiger partial charge >= 0.3 is 17.9 Å². The van der Waals surface area contributed by atoms with Crippen molar-refractivity contribution < 1.29 is 38.1 Å². The van der Waals surface area contributed by atoms with Crippen LogP contribution >= 0.6 is 0 Å². The molecular weight excluding hydrogens is 849 g/mol. The van der Waals surface area contributed by atoms with Crippen LogP contribution in [0.1, 0.15) is 111 Å². The summed E-state index contributed by atoms with van der Waals surface area (Å²) < 4.78 is 22.6. The van der Waals surface area contributed by atoms with Gasteiger partial charge in [-0.1, -0.05) is 125 Å². The highest BCUT2D eigenvalue weighted by Crippen LogP contribution is 2.38. The molecule has 8 aromatic rings. The zero-order valence-corrected chi connectivity index (χ0v) is 39.0. The van der Waals surface area contributed by atoms with Crippen LogP contribution in [0.5, 0.6) is 23.0 Å². The zero-order valence-electron chi connectivity index (χ0n) is 39.0. The van der Waals surface area contributed by atoms with Gasteiger partial charge in [0.25, 0.3) is 0 Å². The van der Waals surface area contributed by atoms with Gasteiger partial charge < -0.3 is 18.9 Å². The van der Waals surface area contributed by atoms with E-state index in [4.69, 9.17) is 18.9 Å². The average Bonchev–Trinajstić information content (AvgIpc) is 3.38. The van der Waals surface area contributed by atoms with E-state index in [0.29, 0.717) is 39.5 Å². The molecule has 0 heterocycles. The maximum atomic E-state index is 13.4. The normalized spacial score (nSPS) is 12.9. The lowest BCUT2D eigenvalue weighted by molar-refractivity contribution is 0.0725. The first-order valence-corrected chi connectivity index (χ1v) is 22.7. The minimum absolute atomic E-state index is 0.0109. The Balaban J connectivity index is 0.865. The van der Waals surface area contributed by atoms with Crippen molar-refractivity contribution in [2.75, 3.05) is 7.11 Å². The predicted octanol–water partition coefficient (Wildman–Crippen LogP) is 13.8. The minimum atomic E-state index is -0.502. The van der Waals surface area contributed by atoms with Crippen molar-refractivity contribution in [3.8, 4) is 34.1 Å². The van der Waals surface area contributed by atoms with Gasteiger partial charge in [0.05, 0.1) is 23.8 Å². The first-order valence-electron chi connectivity index (χ1n) is 22.7. The molecule has 0 aliphatic rings. The lowest BCUT2D eigenvalue weighted by Gasteiger charge is -2.30. The standard InChI is InChI=1S/C60H52O8/c1-7-59(4,48-21-29-52(65-6)30-22-48)49-25-33-54(34-26-49)67-57(63)46-19-17-45-38-47(20-18-44(45)37-46)58(64)68-55-35-27-51(28-36-55)60(5,8-2)50-23-31-53(32-24-50)66-56(62)43-15-13-42(14-16-43)41-11-9-40(10-12-41)39(3)61/h9-38H,7-8H2,1-6H3. The van der Waals surface area contributed by atoms with Gasteiger partial charge in [-0.15, -0.1) is 0 Å². The molecule has 0 aliphatic carbocycles. The number of hydrogen-bond donors (Lipinski definition) is 0. The quantitative estimate of drug-likeness (QED) is 0.0569. The van der Waals surface area contributed by atoms with E-state index in [-0.39, 0.29) is 16.6 Å². The number of Topliss-reactive ketones (excluding diaryl/α,β-unsaturated/α-hetero) is 1. The zero-order chi connectivity index (χ0) is 48.0. The minimum Gasteiger partial charge on any atom is -0.497 e. The Morgan fingerprint density at radius 3 is 0.985 bits per heavy atom. The topological polar surface area (TPSA) is 105 Å². The third-order valence-corrected chi connectivity index (χ3v) is 13.3. The fourth-order valence-corrected chi connectivity index (χ4v) is 8.47. The fraction of sp³-hybridized carbons (Fsp3) is 0.167.